The lowest BCUT2D eigenvalue weighted by molar-refractivity contribution is -0.120. The summed E-state index contributed by atoms with van der Waals surface area (Å²) in [6.45, 7) is 5.02. The molecule has 22 heavy (non-hydrogen) atoms. The van der Waals surface area contributed by atoms with Crippen molar-refractivity contribution in [1.82, 2.24) is 5.16 Å². The van der Waals surface area contributed by atoms with E-state index in [0.29, 0.717) is 11.6 Å². The second-order valence-electron chi connectivity index (χ2n) is 4.96. The highest BCUT2D eigenvalue weighted by molar-refractivity contribution is 6.01. The summed E-state index contributed by atoms with van der Waals surface area (Å²) in [6.07, 6.45) is 0.815. The third-order valence-corrected chi connectivity index (χ3v) is 3.25. The molecule has 2 amide bonds. The number of benzene rings is 1. The molecule has 1 aromatic heterocycles. The highest BCUT2D eigenvalue weighted by Crippen LogP contribution is 2.17. The van der Waals surface area contributed by atoms with Gasteiger partial charge in [-0.1, -0.05) is 30.3 Å². The number of carbonyl (C=O) groups excluding carboxylic acids is 2. The fraction of sp³-hybridized carbons (Fsp3) is 0.312. The Morgan fingerprint density at radius 2 is 2.05 bits per heavy atom. The van der Waals surface area contributed by atoms with Crippen LogP contribution in [0.25, 0.3) is 0 Å². The first-order valence-electron chi connectivity index (χ1n) is 7.10. The van der Waals surface area contributed by atoms with Gasteiger partial charge in [0.2, 0.25) is 11.8 Å². The molecule has 0 unspecified atom stereocenters. The van der Waals surface area contributed by atoms with E-state index in [0.717, 1.165) is 17.7 Å². The molecule has 0 aliphatic rings. The maximum atomic E-state index is 12.2. The van der Waals surface area contributed by atoms with Gasteiger partial charge in [0, 0.05) is 18.7 Å². The summed E-state index contributed by atoms with van der Waals surface area (Å²) in [4.78, 5) is 25.2. The summed E-state index contributed by atoms with van der Waals surface area (Å²) < 4.78 is 4.96. The van der Waals surface area contributed by atoms with Crippen LogP contribution >= 0.6 is 0 Å². The van der Waals surface area contributed by atoms with Crippen LogP contribution in [0.15, 0.2) is 34.9 Å². The number of amides is 2. The van der Waals surface area contributed by atoms with E-state index in [1.807, 2.05) is 31.2 Å². The van der Waals surface area contributed by atoms with Crippen LogP contribution in [-0.2, 0) is 16.0 Å². The van der Waals surface area contributed by atoms with E-state index < -0.39 is 0 Å². The van der Waals surface area contributed by atoms with Crippen molar-refractivity contribution in [2.24, 2.45) is 0 Å². The average Bonchev–Trinajstić information content (AvgIpc) is 2.91. The van der Waals surface area contributed by atoms with Gasteiger partial charge < -0.3 is 9.84 Å². The zero-order valence-electron chi connectivity index (χ0n) is 12.9. The van der Waals surface area contributed by atoms with E-state index in [2.05, 4.69) is 10.5 Å². The van der Waals surface area contributed by atoms with Gasteiger partial charge in [0.05, 0.1) is 0 Å². The maximum Gasteiger partial charge on any atom is 0.244 e. The molecule has 6 heteroatoms. The first kappa shape index (κ1) is 15.8. The van der Waals surface area contributed by atoms with Crippen LogP contribution in [0, 0.1) is 6.92 Å². The Balaban J connectivity index is 2.10. The number of nitrogens with zero attached hydrogens (tertiary/aromatic N) is 2. The van der Waals surface area contributed by atoms with Crippen LogP contribution < -0.4 is 10.2 Å². The van der Waals surface area contributed by atoms with E-state index in [1.165, 1.54) is 11.8 Å². The van der Waals surface area contributed by atoms with Crippen molar-refractivity contribution in [1.29, 1.82) is 0 Å². The summed E-state index contributed by atoms with van der Waals surface area (Å²) >= 11 is 0. The number of aromatic nitrogens is 1. The molecule has 0 spiro atoms. The second-order valence-corrected chi connectivity index (χ2v) is 4.96. The van der Waals surface area contributed by atoms with Gasteiger partial charge in [0.25, 0.3) is 0 Å². The van der Waals surface area contributed by atoms with Gasteiger partial charge in [0.15, 0.2) is 5.82 Å². The van der Waals surface area contributed by atoms with Crippen molar-refractivity contribution in [2.75, 3.05) is 16.8 Å². The molecule has 0 aliphatic heterocycles. The van der Waals surface area contributed by atoms with Crippen LogP contribution in [0.1, 0.15) is 25.2 Å². The minimum absolute atomic E-state index is 0.112. The molecule has 1 aromatic carbocycles. The van der Waals surface area contributed by atoms with E-state index >= 15 is 0 Å². The number of hydrogen-bond acceptors (Lipinski definition) is 4. The summed E-state index contributed by atoms with van der Waals surface area (Å²) in [5, 5.41) is 6.61. The molecular weight excluding hydrogens is 282 g/mol. The molecule has 0 bridgehead atoms. The molecule has 0 aliphatic carbocycles. The monoisotopic (exact) mass is 301 g/mol. The van der Waals surface area contributed by atoms with Gasteiger partial charge in [0.1, 0.15) is 12.3 Å². The molecule has 0 saturated carbocycles. The van der Waals surface area contributed by atoms with Crippen molar-refractivity contribution in [3.8, 4) is 0 Å². The molecule has 1 N–H and O–H groups in total. The predicted molar refractivity (Wildman–Crippen MR) is 83.7 cm³/mol. The average molecular weight is 301 g/mol. The number of nitrogens with one attached hydrogen (secondary N) is 1. The van der Waals surface area contributed by atoms with Crippen molar-refractivity contribution in [2.45, 2.75) is 27.2 Å². The van der Waals surface area contributed by atoms with E-state index in [9.17, 15) is 9.59 Å². The van der Waals surface area contributed by atoms with Crippen LogP contribution in [-0.4, -0.2) is 23.5 Å². The molecule has 2 rings (SSSR count). The molecule has 0 saturated heterocycles. The summed E-state index contributed by atoms with van der Waals surface area (Å²) in [7, 11) is 0. The van der Waals surface area contributed by atoms with Gasteiger partial charge in [-0.25, -0.2) is 0 Å². The van der Waals surface area contributed by atoms with Crippen LogP contribution in [0.3, 0.4) is 0 Å². The normalized spacial score (nSPS) is 10.3. The molecule has 0 radical (unpaired) electrons. The Morgan fingerprint density at radius 1 is 1.32 bits per heavy atom. The number of hydrogen-bond donors (Lipinski definition) is 1. The van der Waals surface area contributed by atoms with Gasteiger partial charge in [-0.2, -0.15) is 0 Å². The summed E-state index contributed by atoms with van der Waals surface area (Å²) in [5.74, 6) is 0.367. The zero-order chi connectivity index (χ0) is 16.1. The summed E-state index contributed by atoms with van der Waals surface area (Å²) in [6, 6.07) is 9.20. The Morgan fingerprint density at radius 3 is 2.64 bits per heavy atom. The fourth-order valence-electron chi connectivity index (χ4n) is 2.12. The highest BCUT2D eigenvalue weighted by Gasteiger charge is 2.19. The Labute approximate surface area is 129 Å². The lowest BCUT2D eigenvalue weighted by atomic mass is 10.1. The molecule has 116 valence electrons. The first-order chi connectivity index (χ1) is 10.5. The molecule has 0 fully saturated rings. The Bertz CT molecular complexity index is 679. The van der Waals surface area contributed by atoms with Crippen LogP contribution in [0.2, 0.25) is 0 Å². The Hall–Kier alpha value is -2.63. The van der Waals surface area contributed by atoms with E-state index in [4.69, 9.17) is 4.52 Å². The van der Waals surface area contributed by atoms with Gasteiger partial charge in [-0.3, -0.25) is 14.5 Å². The van der Waals surface area contributed by atoms with Gasteiger partial charge >= 0.3 is 0 Å². The SMILES string of the molecule is CCc1ccccc1NC(=O)CN(C(C)=O)c1cc(C)on1. The molecule has 0 atom stereocenters. The number of para-hydroxylation sites is 1. The van der Waals surface area contributed by atoms with E-state index in [1.54, 1.807) is 13.0 Å². The zero-order valence-corrected chi connectivity index (χ0v) is 12.9. The van der Waals surface area contributed by atoms with Crippen LogP contribution in [0.5, 0.6) is 0 Å². The standard InChI is InChI=1S/C16H19N3O3/c1-4-13-7-5-6-8-14(13)17-16(21)10-19(12(3)20)15-9-11(2)22-18-15/h5-9H,4,10H2,1-3H3,(H,17,21). The molecular formula is C16H19N3O3. The minimum atomic E-state index is -0.281. The topological polar surface area (TPSA) is 75.4 Å². The van der Waals surface area contributed by atoms with Crippen molar-refractivity contribution < 1.29 is 14.1 Å². The van der Waals surface area contributed by atoms with Crippen LogP contribution in [0.4, 0.5) is 11.5 Å². The molecule has 6 nitrogen and oxygen atoms in total. The Kier molecular flexibility index (Phi) is 4.93. The van der Waals surface area contributed by atoms with Gasteiger partial charge in [-0.15, -0.1) is 0 Å². The maximum absolute atomic E-state index is 12.2. The van der Waals surface area contributed by atoms with Crippen molar-refractivity contribution >= 4 is 23.3 Å². The fourth-order valence-corrected chi connectivity index (χ4v) is 2.12. The quantitative estimate of drug-likeness (QED) is 0.920. The summed E-state index contributed by atoms with van der Waals surface area (Å²) in [5.41, 5.74) is 1.80. The third kappa shape index (κ3) is 3.72. The van der Waals surface area contributed by atoms with Gasteiger partial charge in [-0.05, 0) is 25.0 Å². The third-order valence-electron chi connectivity index (χ3n) is 3.25. The minimum Gasteiger partial charge on any atom is -0.360 e. The number of anilines is 2. The predicted octanol–water partition coefficient (Wildman–Crippen LogP) is 2.54. The lowest BCUT2D eigenvalue weighted by Gasteiger charge is -2.17. The van der Waals surface area contributed by atoms with Crippen molar-refractivity contribution in [3.05, 3.63) is 41.7 Å². The highest BCUT2D eigenvalue weighted by atomic mass is 16.5. The number of aryl methyl sites for hydroxylation is 2. The number of carbonyl (C=O) groups is 2. The second kappa shape index (κ2) is 6.89. The molecule has 2 aromatic rings. The molecule has 1 heterocycles. The van der Waals surface area contributed by atoms with E-state index in [-0.39, 0.29) is 18.4 Å². The lowest BCUT2D eigenvalue weighted by Crippen LogP contribution is -2.37. The first-order valence-corrected chi connectivity index (χ1v) is 7.10. The number of rotatable bonds is 5. The van der Waals surface area contributed by atoms with Crippen molar-refractivity contribution in [3.63, 3.8) is 0 Å². The largest absolute Gasteiger partial charge is 0.360 e. The smallest absolute Gasteiger partial charge is 0.244 e.